The van der Waals surface area contributed by atoms with Crippen LogP contribution in [0.4, 0.5) is 5.95 Å². The van der Waals surface area contributed by atoms with Gasteiger partial charge in [-0.15, -0.1) is 0 Å². The predicted molar refractivity (Wildman–Crippen MR) is 107 cm³/mol. The van der Waals surface area contributed by atoms with E-state index in [-0.39, 0.29) is 28.4 Å². The summed E-state index contributed by atoms with van der Waals surface area (Å²) in [5, 5.41) is 14.5. The number of Topliss-reactive ketones (excluding diaryl/α,β-unsaturated/α-hetero) is 1. The zero-order valence-corrected chi connectivity index (χ0v) is 17.0. The summed E-state index contributed by atoms with van der Waals surface area (Å²) in [5.74, 6) is -0.827. The van der Waals surface area contributed by atoms with E-state index < -0.39 is 17.8 Å². The number of esters is 1. The van der Waals surface area contributed by atoms with Crippen LogP contribution in [0.2, 0.25) is 0 Å². The average molecular weight is 407 g/mol. The summed E-state index contributed by atoms with van der Waals surface area (Å²) in [6, 6.07) is 10.2. The molecule has 4 rings (SSSR count). The predicted octanol–water partition coefficient (Wildman–Crippen LogP) is 2.89. The van der Waals surface area contributed by atoms with Crippen molar-refractivity contribution >= 4 is 17.7 Å². The number of carbonyl (C=O) groups excluding carboxylic acids is 2. The molecule has 1 aliphatic rings. The van der Waals surface area contributed by atoms with Crippen LogP contribution in [-0.2, 0) is 14.9 Å². The number of tetrazole rings is 1. The number of carbonyl (C=O) groups is 2. The molecule has 1 aromatic carbocycles. The van der Waals surface area contributed by atoms with Gasteiger partial charge < -0.3 is 14.5 Å². The highest BCUT2D eigenvalue weighted by molar-refractivity contribution is 6.13. The first kappa shape index (κ1) is 19.6. The zero-order chi connectivity index (χ0) is 21.5. The van der Waals surface area contributed by atoms with Crippen LogP contribution in [0.15, 0.2) is 58.3 Å². The van der Waals surface area contributed by atoms with Crippen LogP contribution < -0.4 is 5.32 Å². The van der Waals surface area contributed by atoms with Gasteiger partial charge in [-0.2, -0.15) is 4.68 Å². The van der Waals surface area contributed by atoms with Gasteiger partial charge in [0.2, 0.25) is 11.7 Å². The number of aromatic nitrogens is 4. The molecule has 0 bridgehead atoms. The third-order valence-corrected chi connectivity index (χ3v) is 4.99. The molecule has 9 heteroatoms. The van der Waals surface area contributed by atoms with Crippen LogP contribution in [0.25, 0.3) is 0 Å². The van der Waals surface area contributed by atoms with E-state index >= 15 is 0 Å². The number of hydrogen-bond acceptors (Lipinski definition) is 8. The summed E-state index contributed by atoms with van der Waals surface area (Å²) < 4.78 is 11.7. The van der Waals surface area contributed by atoms with E-state index in [1.165, 1.54) is 18.1 Å². The largest absolute Gasteiger partial charge is 0.464 e. The number of anilines is 1. The first-order chi connectivity index (χ1) is 14.3. The van der Waals surface area contributed by atoms with E-state index in [1.807, 2.05) is 24.3 Å². The number of benzene rings is 1. The SMILES string of the molecule is COC(=O)C1=C(C(=O)c2ccco2)[C@@H](c2ccc(C(C)(C)C)cc2)n2nnnc2N1. The van der Waals surface area contributed by atoms with Gasteiger partial charge in [0, 0.05) is 0 Å². The molecule has 0 radical (unpaired) electrons. The Morgan fingerprint density at radius 2 is 1.90 bits per heavy atom. The molecule has 1 N–H and O–H groups in total. The number of ketones is 1. The second kappa shape index (κ2) is 7.25. The van der Waals surface area contributed by atoms with E-state index in [4.69, 9.17) is 9.15 Å². The minimum absolute atomic E-state index is 0.0221. The number of methoxy groups -OCH3 is 1. The normalized spacial score (nSPS) is 16.1. The van der Waals surface area contributed by atoms with Gasteiger partial charge in [0.25, 0.3) is 0 Å². The highest BCUT2D eigenvalue weighted by Gasteiger charge is 2.39. The third kappa shape index (κ3) is 3.28. The lowest BCUT2D eigenvalue weighted by Gasteiger charge is -2.28. The molecule has 3 aromatic rings. The number of rotatable bonds is 4. The van der Waals surface area contributed by atoms with E-state index in [2.05, 4.69) is 41.6 Å². The second-order valence-corrected chi connectivity index (χ2v) is 7.93. The van der Waals surface area contributed by atoms with Crippen LogP contribution in [0.5, 0.6) is 0 Å². The van der Waals surface area contributed by atoms with Crippen molar-refractivity contribution in [3.05, 3.63) is 70.8 Å². The Balaban J connectivity index is 1.91. The number of hydrogen-bond donors (Lipinski definition) is 1. The molecule has 0 saturated heterocycles. The van der Waals surface area contributed by atoms with Crippen LogP contribution in [-0.4, -0.2) is 39.1 Å². The lowest BCUT2D eigenvalue weighted by molar-refractivity contribution is -0.136. The highest BCUT2D eigenvalue weighted by atomic mass is 16.5. The number of nitrogens with zero attached hydrogens (tertiary/aromatic N) is 4. The molecule has 1 aliphatic heterocycles. The minimum atomic E-state index is -0.739. The van der Waals surface area contributed by atoms with Crippen molar-refractivity contribution in [1.82, 2.24) is 20.2 Å². The standard InChI is InChI=1S/C21H21N5O4/c1-21(2,3)13-9-7-12(8-10-13)17-15(18(27)14-6-5-11-30-14)16(19(28)29-4)22-20-23-24-25-26(17)20/h5-11,17H,1-4H3,(H,22,23,25)/t17-/m1/s1. The van der Waals surface area contributed by atoms with Crippen LogP contribution >= 0.6 is 0 Å². The number of allylic oxidation sites excluding steroid dienone is 1. The summed E-state index contributed by atoms with van der Waals surface area (Å²) in [6.45, 7) is 6.35. The maximum atomic E-state index is 13.4. The van der Waals surface area contributed by atoms with E-state index in [1.54, 1.807) is 12.1 Å². The Hall–Kier alpha value is -3.75. The Bertz CT molecular complexity index is 1120. The Morgan fingerprint density at radius 3 is 2.50 bits per heavy atom. The summed E-state index contributed by atoms with van der Waals surface area (Å²) in [4.78, 5) is 25.9. The molecular weight excluding hydrogens is 386 g/mol. The monoisotopic (exact) mass is 407 g/mol. The fraction of sp³-hybridized carbons (Fsp3) is 0.286. The molecule has 9 nitrogen and oxygen atoms in total. The molecule has 0 spiro atoms. The van der Waals surface area contributed by atoms with E-state index in [9.17, 15) is 9.59 Å². The van der Waals surface area contributed by atoms with Crippen molar-refractivity contribution in [2.75, 3.05) is 12.4 Å². The Kier molecular flexibility index (Phi) is 4.73. The van der Waals surface area contributed by atoms with Crippen LogP contribution in [0.3, 0.4) is 0 Å². The van der Waals surface area contributed by atoms with E-state index in [0.29, 0.717) is 0 Å². The second-order valence-electron chi connectivity index (χ2n) is 7.93. The Labute approximate surface area is 172 Å². The molecule has 0 amide bonds. The molecule has 0 unspecified atom stereocenters. The molecule has 1 atom stereocenters. The fourth-order valence-corrected chi connectivity index (χ4v) is 3.40. The van der Waals surface area contributed by atoms with Gasteiger partial charge in [0.15, 0.2) is 5.76 Å². The van der Waals surface area contributed by atoms with Crippen molar-refractivity contribution in [3.63, 3.8) is 0 Å². The van der Waals surface area contributed by atoms with Gasteiger partial charge in [-0.25, -0.2) is 4.79 Å². The molecule has 0 saturated carbocycles. The summed E-state index contributed by atoms with van der Waals surface area (Å²) in [6.07, 6.45) is 1.40. The molecule has 3 heterocycles. The van der Waals surface area contributed by atoms with Gasteiger partial charge in [0.1, 0.15) is 11.7 Å². The average Bonchev–Trinajstić information content (AvgIpc) is 3.42. The first-order valence-electron chi connectivity index (χ1n) is 9.37. The molecule has 0 aliphatic carbocycles. The van der Waals surface area contributed by atoms with Gasteiger partial charge >= 0.3 is 5.97 Å². The lowest BCUT2D eigenvalue weighted by atomic mass is 9.85. The smallest absolute Gasteiger partial charge is 0.355 e. The number of ether oxygens (including phenoxy) is 1. The number of furan rings is 1. The maximum Gasteiger partial charge on any atom is 0.355 e. The van der Waals surface area contributed by atoms with Gasteiger partial charge in [-0.1, -0.05) is 50.1 Å². The van der Waals surface area contributed by atoms with Crippen molar-refractivity contribution < 1.29 is 18.7 Å². The molecule has 0 fully saturated rings. The van der Waals surface area contributed by atoms with Crippen LogP contribution in [0, 0.1) is 0 Å². The minimum Gasteiger partial charge on any atom is -0.464 e. The van der Waals surface area contributed by atoms with Crippen LogP contribution in [0.1, 0.15) is 48.5 Å². The molecular formula is C21H21N5O4. The molecule has 30 heavy (non-hydrogen) atoms. The van der Waals surface area contributed by atoms with Crippen molar-refractivity contribution in [3.8, 4) is 0 Å². The summed E-state index contributed by atoms with van der Waals surface area (Å²) in [5.41, 5.74) is 1.96. The van der Waals surface area contributed by atoms with Gasteiger partial charge in [-0.05, 0) is 39.1 Å². The van der Waals surface area contributed by atoms with E-state index in [0.717, 1.165) is 11.1 Å². The van der Waals surface area contributed by atoms with Gasteiger partial charge in [0.05, 0.1) is 18.9 Å². The summed E-state index contributed by atoms with van der Waals surface area (Å²) >= 11 is 0. The van der Waals surface area contributed by atoms with Gasteiger partial charge in [-0.3, -0.25) is 4.79 Å². The maximum absolute atomic E-state index is 13.4. The first-order valence-corrected chi connectivity index (χ1v) is 9.37. The molecule has 2 aromatic heterocycles. The quantitative estimate of drug-likeness (QED) is 0.519. The lowest BCUT2D eigenvalue weighted by Crippen LogP contribution is -2.32. The Morgan fingerprint density at radius 1 is 1.17 bits per heavy atom. The third-order valence-electron chi connectivity index (χ3n) is 4.99. The zero-order valence-electron chi connectivity index (χ0n) is 17.0. The van der Waals surface area contributed by atoms with Crippen molar-refractivity contribution in [1.29, 1.82) is 0 Å². The highest BCUT2D eigenvalue weighted by Crippen LogP contribution is 2.37. The van der Waals surface area contributed by atoms with Crippen molar-refractivity contribution in [2.24, 2.45) is 0 Å². The number of nitrogens with one attached hydrogen (secondary N) is 1. The molecule has 154 valence electrons. The fourth-order valence-electron chi connectivity index (χ4n) is 3.40. The number of fused-ring (bicyclic) bond motifs is 1. The topological polar surface area (TPSA) is 112 Å². The summed E-state index contributed by atoms with van der Waals surface area (Å²) in [7, 11) is 1.25. The van der Waals surface area contributed by atoms with Crippen molar-refractivity contribution in [2.45, 2.75) is 32.2 Å².